The number of esters is 1. The molecule has 0 amide bonds. The van der Waals surface area contributed by atoms with Crippen LogP contribution in [-0.2, 0) is 4.74 Å². The van der Waals surface area contributed by atoms with Crippen molar-refractivity contribution in [2.45, 2.75) is 33.1 Å². The standard InChI is InChI=1S/C27H31N5O2/c1-4-5-12-32(3)13-7-14-34-27(33)22-16-21-15-20(10-11-23(21)28-17-22)25-26(30-18-29-25)24-9-6-8-19(2)31-24/h6,8-11,15-18H,4-5,7,12-14H2,1-3H3,(H,29,30). The van der Waals surface area contributed by atoms with E-state index in [9.17, 15) is 4.79 Å². The molecule has 0 fully saturated rings. The molecule has 0 spiro atoms. The maximum atomic E-state index is 12.6. The number of fused-ring (bicyclic) bond motifs is 1. The van der Waals surface area contributed by atoms with Crippen molar-refractivity contribution in [2.24, 2.45) is 0 Å². The van der Waals surface area contributed by atoms with Gasteiger partial charge in [-0.2, -0.15) is 0 Å². The van der Waals surface area contributed by atoms with Crippen molar-refractivity contribution in [3.8, 4) is 22.6 Å². The van der Waals surface area contributed by atoms with Gasteiger partial charge in [-0.1, -0.05) is 25.5 Å². The molecule has 4 aromatic rings. The van der Waals surface area contributed by atoms with E-state index in [0.717, 1.165) is 58.8 Å². The molecule has 7 heteroatoms. The van der Waals surface area contributed by atoms with Crippen molar-refractivity contribution in [2.75, 3.05) is 26.7 Å². The summed E-state index contributed by atoms with van der Waals surface area (Å²) in [4.78, 5) is 31.7. The van der Waals surface area contributed by atoms with Crippen molar-refractivity contribution in [1.82, 2.24) is 24.8 Å². The molecule has 7 nitrogen and oxygen atoms in total. The quantitative estimate of drug-likeness (QED) is 0.258. The number of carbonyl (C=O) groups is 1. The van der Waals surface area contributed by atoms with E-state index < -0.39 is 0 Å². The van der Waals surface area contributed by atoms with E-state index in [1.807, 2.05) is 49.4 Å². The first kappa shape index (κ1) is 23.6. The third-order valence-electron chi connectivity index (χ3n) is 5.78. The van der Waals surface area contributed by atoms with Gasteiger partial charge in [-0.15, -0.1) is 0 Å². The third kappa shape index (κ3) is 5.66. The van der Waals surface area contributed by atoms with Gasteiger partial charge in [0, 0.05) is 29.4 Å². The van der Waals surface area contributed by atoms with Gasteiger partial charge in [0.05, 0.1) is 41.1 Å². The van der Waals surface area contributed by atoms with Gasteiger partial charge in [0.2, 0.25) is 0 Å². The van der Waals surface area contributed by atoms with Gasteiger partial charge in [0.25, 0.3) is 0 Å². The van der Waals surface area contributed by atoms with E-state index in [0.29, 0.717) is 12.2 Å². The van der Waals surface area contributed by atoms with Crippen LogP contribution in [0, 0.1) is 6.92 Å². The number of carbonyl (C=O) groups excluding carboxylic acids is 1. The summed E-state index contributed by atoms with van der Waals surface area (Å²) in [6.07, 6.45) is 6.42. The fourth-order valence-electron chi connectivity index (χ4n) is 3.90. The Morgan fingerprint density at radius 2 is 1.94 bits per heavy atom. The van der Waals surface area contributed by atoms with Crippen LogP contribution in [0.2, 0.25) is 0 Å². The highest BCUT2D eigenvalue weighted by molar-refractivity contribution is 5.95. The summed E-state index contributed by atoms with van der Waals surface area (Å²) in [7, 11) is 2.10. The second-order valence-corrected chi connectivity index (χ2v) is 8.57. The van der Waals surface area contributed by atoms with Crippen LogP contribution in [0.4, 0.5) is 0 Å². The molecule has 176 valence electrons. The van der Waals surface area contributed by atoms with Crippen LogP contribution >= 0.6 is 0 Å². The van der Waals surface area contributed by atoms with E-state index in [-0.39, 0.29) is 5.97 Å². The zero-order valence-electron chi connectivity index (χ0n) is 20.0. The van der Waals surface area contributed by atoms with Crippen LogP contribution in [0.5, 0.6) is 0 Å². The average Bonchev–Trinajstić information content (AvgIpc) is 3.34. The van der Waals surface area contributed by atoms with Crippen LogP contribution < -0.4 is 0 Å². The van der Waals surface area contributed by atoms with Gasteiger partial charge >= 0.3 is 5.97 Å². The highest BCUT2D eigenvalue weighted by Gasteiger charge is 2.14. The van der Waals surface area contributed by atoms with Gasteiger partial charge in [-0.3, -0.25) is 9.97 Å². The van der Waals surface area contributed by atoms with Crippen LogP contribution in [0.3, 0.4) is 0 Å². The predicted molar refractivity (Wildman–Crippen MR) is 135 cm³/mol. The van der Waals surface area contributed by atoms with E-state index >= 15 is 0 Å². The summed E-state index contributed by atoms with van der Waals surface area (Å²) < 4.78 is 5.49. The van der Waals surface area contributed by atoms with Gasteiger partial charge in [0.15, 0.2) is 0 Å². The van der Waals surface area contributed by atoms with Gasteiger partial charge in [-0.05, 0) is 63.7 Å². The minimum absolute atomic E-state index is 0.347. The molecular formula is C27H31N5O2. The van der Waals surface area contributed by atoms with Gasteiger partial charge in [0.1, 0.15) is 0 Å². The number of imidazole rings is 1. The topological polar surface area (TPSA) is 84.0 Å². The molecule has 0 aliphatic heterocycles. The zero-order chi connectivity index (χ0) is 23.9. The fraction of sp³-hybridized carbons (Fsp3) is 0.333. The molecular weight excluding hydrogens is 426 g/mol. The van der Waals surface area contributed by atoms with Gasteiger partial charge in [-0.25, -0.2) is 9.78 Å². The summed E-state index contributed by atoms with van der Waals surface area (Å²) in [5, 5.41) is 0.859. The Morgan fingerprint density at radius 3 is 2.76 bits per heavy atom. The Labute approximate surface area is 200 Å². The highest BCUT2D eigenvalue weighted by Crippen LogP contribution is 2.30. The Kier molecular flexibility index (Phi) is 7.65. The number of benzene rings is 1. The number of pyridine rings is 2. The lowest BCUT2D eigenvalue weighted by Crippen LogP contribution is -2.22. The molecule has 1 N–H and O–H groups in total. The molecule has 34 heavy (non-hydrogen) atoms. The molecule has 0 aliphatic rings. The van der Waals surface area contributed by atoms with E-state index in [1.54, 1.807) is 12.5 Å². The average molecular weight is 458 g/mol. The summed E-state index contributed by atoms with van der Waals surface area (Å²) in [5.41, 5.74) is 5.63. The Bertz CT molecular complexity index is 1270. The molecule has 3 heterocycles. The number of rotatable bonds is 10. The second-order valence-electron chi connectivity index (χ2n) is 8.57. The first-order chi connectivity index (χ1) is 16.5. The molecule has 0 atom stereocenters. The van der Waals surface area contributed by atoms with Crippen molar-refractivity contribution < 1.29 is 9.53 Å². The molecule has 0 saturated heterocycles. The highest BCUT2D eigenvalue weighted by atomic mass is 16.5. The van der Waals surface area contributed by atoms with E-state index in [1.165, 1.54) is 12.8 Å². The molecule has 0 unspecified atom stereocenters. The van der Waals surface area contributed by atoms with Crippen LogP contribution in [0.25, 0.3) is 33.5 Å². The number of ether oxygens (including phenoxy) is 1. The minimum atomic E-state index is -0.347. The number of hydrogen-bond donors (Lipinski definition) is 1. The summed E-state index contributed by atoms with van der Waals surface area (Å²) in [6, 6.07) is 13.7. The summed E-state index contributed by atoms with van der Waals surface area (Å²) in [6.45, 7) is 6.53. The number of nitrogens with zero attached hydrogens (tertiary/aromatic N) is 4. The lowest BCUT2D eigenvalue weighted by atomic mass is 10.0. The maximum Gasteiger partial charge on any atom is 0.339 e. The lowest BCUT2D eigenvalue weighted by Gasteiger charge is -2.15. The smallest absolute Gasteiger partial charge is 0.339 e. The fourth-order valence-corrected chi connectivity index (χ4v) is 3.90. The largest absolute Gasteiger partial charge is 0.462 e. The van der Waals surface area contributed by atoms with Crippen LogP contribution in [-0.4, -0.2) is 57.5 Å². The molecule has 0 saturated carbocycles. The predicted octanol–water partition coefficient (Wildman–Crippen LogP) is 5.27. The molecule has 4 rings (SSSR count). The molecule has 3 aromatic heterocycles. The summed E-state index contributed by atoms with van der Waals surface area (Å²) in [5.74, 6) is -0.347. The number of aryl methyl sites for hydroxylation is 1. The first-order valence-corrected chi connectivity index (χ1v) is 11.8. The van der Waals surface area contributed by atoms with Crippen molar-refractivity contribution in [1.29, 1.82) is 0 Å². The van der Waals surface area contributed by atoms with E-state index in [4.69, 9.17) is 4.74 Å². The van der Waals surface area contributed by atoms with Crippen molar-refractivity contribution in [3.63, 3.8) is 0 Å². The number of unbranched alkanes of at least 4 members (excludes halogenated alkanes) is 1. The Balaban J connectivity index is 1.48. The van der Waals surface area contributed by atoms with Crippen LogP contribution in [0.1, 0.15) is 42.2 Å². The number of aromatic nitrogens is 4. The second kappa shape index (κ2) is 11.0. The van der Waals surface area contributed by atoms with Crippen LogP contribution in [0.15, 0.2) is 55.0 Å². The monoisotopic (exact) mass is 457 g/mol. The lowest BCUT2D eigenvalue weighted by molar-refractivity contribution is 0.0490. The molecule has 0 radical (unpaired) electrons. The van der Waals surface area contributed by atoms with Crippen molar-refractivity contribution >= 4 is 16.9 Å². The number of hydrogen-bond acceptors (Lipinski definition) is 6. The Morgan fingerprint density at radius 1 is 1.09 bits per heavy atom. The van der Waals surface area contributed by atoms with E-state index in [2.05, 4.69) is 38.8 Å². The zero-order valence-corrected chi connectivity index (χ0v) is 20.0. The number of H-pyrrole nitrogens is 1. The maximum absolute atomic E-state index is 12.6. The third-order valence-corrected chi connectivity index (χ3v) is 5.78. The SMILES string of the molecule is CCCCN(C)CCCOC(=O)c1cnc2ccc(-c3nc[nH]c3-c3cccc(C)n3)cc2c1. The van der Waals surface area contributed by atoms with Crippen molar-refractivity contribution in [3.05, 3.63) is 66.2 Å². The normalized spacial score (nSPS) is 11.3. The Hall–Kier alpha value is -3.58. The molecule has 0 aliphatic carbocycles. The van der Waals surface area contributed by atoms with Gasteiger partial charge < -0.3 is 14.6 Å². The molecule has 1 aromatic carbocycles. The number of aromatic amines is 1. The summed E-state index contributed by atoms with van der Waals surface area (Å²) >= 11 is 0. The molecule has 0 bridgehead atoms. The first-order valence-electron chi connectivity index (χ1n) is 11.8. The number of nitrogens with one attached hydrogen (secondary N) is 1. The minimum Gasteiger partial charge on any atom is -0.462 e.